The molecule has 1 unspecified atom stereocenters. The predicted molar refractivity (Wildman–Crippen MR) is 62.2 cm³/mol. The highest BCUT2D eigenvalue weighted by molar-refractivity contribution is 7.07. The predicted octanol–water partition coefficient (Wildman–Crippen LogP) is 1.67. The normalized spacial score (nSPS) is 21.9. The van der Waals surface area contributed by atoms with E-state index < -0.39 is 0 Å². The Kier molecular flexibility index (Phi) is 3.90. The summed E-state index contributed by atoms with van der Waals surface area (Å²) in [5.74, 6) is -0.116. The minimum Gasteiger partial charge on any atom is -0.468 e. The van der Waals surface area contributed by atoms with Crippen molar-refractivity contribution >= 4 is 17.3 Å². The Labute approximate surface area is 99.2 Å². The van der Waals surface area contributed by atoms with Gasteiger partial charge in [0.15, 0.2) is 0 Å². The summed E-state index contributed by atoms with van der Waals surface area (Å²) in [4.78, 5) is 18.0. The molecule has 1 saturated heterocycles. The number of piperidine rings is 1. The molecule has 88 valence electrons. The van der Waals surface area contributed by atoms with E-state index in [0.717, 1.165) is 38.0 Å². The third-order valence-corrected chi connectivity index (χ3v) is 3.57. The number of hydrogen-bond donors (Lipinski definition) is 0. The largest absolute Gasteiger partial charge is 0.468 e. The Balaban J connectivity index is 2.02. The van der Waals surface area contributed by atoms with Crippen LogP contribution in [0, 0.1) is 0 Å². The maximum absolute atomic E-state index is 11.6. The van der Waals surface area contributed by atoms with E-state index in [1.807, 2.05) is 10.9 Å². The maximum atomic E-state index is 11.6. The Hall–Kier alpha value is -0.940. The van der Waals surface area contributed by atoms with E-state index in [4.69, 9.17) is 4.74 Å². The van der Waals surface area contributed by atoms with Crippen LogP contribution < -0.4 is 0 Å². The summed E-state index contributed by atoms with van der Waals surface area (Å²) in [6.07, 6.45) is 3.15. The van der Waals surface area contributed by atoms with Gasteiger partial charge in [-0.25, -0.2) is 4.98 Å². The Morgan fingerprint density at radius 2 is 2.56 bits per heavy atom. The number of nitrogens with zero attached hydrogens (tertiary/aromatic N) is 2. The van der Waals surface area contributed by atoms with Crippen LogP contribution in [0.2, 0.25) is 0 Å². The fourth-order valence-electron chi connectivity index (χ4n) is 2.11. The van der Waals surface area contributed by atoms with Gasteiger partial charge < -0.3 is 4.74 Å². The summed E-state index contributed by atoms with van der Waals surface area (Å²) in [5.41, 5.74) is 2.87. The molecule has 1 aliphatic rings. The molecule has 0 aromatic carbocycles. The van der Waals surface area contributed by atoms with Crippen LogP contribution in [0.5, 0.6) is 0 Å². The number of thiazole rings is 1. The first-order valence-electron chi connectivity index (χ1n) is 5.50. The van der Waals surface area contributed by atoms with Crippen LogP contribution in [0.1, 0.15) is 25.0 Å². The van der Waals surface area contributed by atoms with Crippen LogP contribution in [0.15, 0.2) is 10.9 Å². The maximum Gasteiger partial charge on any atom is 0.323 e. The van der Waals surface area contributed by atoms with E-state index in [2.05, 4.69) is 9.88 Å². The molecule has 0 N–H and O–H groups in total. The number of aromatic nitrogens is 1. The second-order valence-corrected chi connectivity index (χ2v) is 4.70. The van der Waals surface area contributed by atoms with Gasteiger partial charge in [-0.05, 0) is 19.4 Å². The first-order valence-corrected chi connectivity index (χ1v) is 6.44. The lowest BCUT2D eigenvalue weighted by Gasteiger charge is -2.33. The van der Waals surface area contributed by atoms with E-state index in [1.165, 1.54) is 7.11 Å². The topological polar surface area (TPSA) is 42.4 Å². The number of rotatable bonds is 3. The van der Waals surface area contributed by atoms with Crippen LogP contribution in [-0.2, 0) is 16.1 Å². The Morgan fingerprint density at radius 3 is 3.25 bits per heavy atom. The average Bonchev–Trinajstić information content (AvgIpc) is 2.82. The molecule has 5 heteroatoms. The zero-order valence-corrected chi connectivity index (χ0v) is 10.2. The van der Waals surface area contributed by atoms with Crippen LogP contribution in [-0.4, -0.2) is 35.5 Å². The van der Waals surface area contributed by atoms with E-state index >= 15 is 0 Å². The molecule has 0 radical (unpaired) electrons. The summed E-state index contributed by atoms with van der Waals surface area (Å²) < 4.78 is 4.84. The lowest BCUT2D eigenvalue weighted by Crippen LogP contribution is -2.44. The summed E-state index contributed by atoms with van der Waals surface area (Å²) in [6, 6.07) is -0.0829. The zero-order valence-electron chi connectivity index (χ0n) is 9.39. The fourth-order valence-corrected chi connectivity index (χ4v) is 2.66. The second kappa shape index (κ2) is 5.41. The zero-order chi connectivity index (χ0) is 11.4. The van der Waals surface area contributed by atoms with Gasteiger partial charge in [0.2, 0.25) is 0 Å². The highest BCUT2D eigenvalue weighted by Gasteiger charge is 2.29. The molecule has 1 aliphatic heterocycles. The van der Waals surface area contributed by atoms with Crippen molar-refractivity contribution in [1.82, 2.24) is 9.88 Å². The molecule has 1 aromatic rings. The summed E-state index contributed by atoms with van der Waals surface area (Å²) in [7, 11) is 1.46. The smallest absolute Gasteiger partial charge is 0.323 e. The van der Waals surface area contributed by atoms with Gasteiger partial charge in [0.25, 0.3) is 0 Å². The molecule has 0 aliphatic carbocycles. The van der Waals surface area contributed by atoms with Crippen molar-refractivity contribution in [3.63, 3.8) is 0 Å². The van der Waals surface area contributed by atoms with Gasteiger partial charge in [-0.1, -0.05) is 6.42 Å². The third kappa shape index (κ3) is 2.59. The minimum atomic E-state index is -0.116. The van der Waals surface area contributed by atoms with E-state index in [9.17, 15) is 4.79 Å². The molecular formula is C11H16N2O2S. The van der Waals surface area contributed by atoms with E-state index in [-0.39, 0.29) is 12.0 Å². The van der Waals surface area contributed by atoms with Crippen molar-refractivity contribution in [2.45, 2.75) is 31.8 Å². The lowest BCUT2D eigenvalue weighted by atomic mass is 10.0. The van der Waals surface area contributed by atoms with Gasteiger partial charge in [0.05, 0.1) is 18.3 Å². The van der Waals surface area contributed by atoms with Crippen LogP contribution in [0.4, 0.5) is 0 Å². The van der Waals surface area contributed by atoms with E-state index in [0.29, 0.717) is 0 Å². The molecule has 1 fully saturated rings. The highest BCUT2D eigenvalue weighted by atomic mass is 32.1. The monoisotopic (exact) mass is 240 g/mol. The molecule has 0 amide bonds. The van der Waals surface area contributed by atoms with Gasteiger partial charge in [-0.15, -0.1) is 11.3 Å². The average molecular weight is 240 g/mol. The summed E-state index contributed by atoms with van der Waals surface area (Å²) in [5, 5.41) is 2.03. The number of methoxy groups -OCH3 is 1. The number of hydrogen-bond acceptors (Lipinski definition) is 5. The van der Waals surface area contributed by atoms with Crippen molar-refractivity contribution in [1.29, 1.82) is 0 Å². The molecule has 0 spiro atoms. The molecule has 1 atom stereocenters. The van der Waals surface area contributed by atoms with Gasteiger partial charge >= 0.3 is 5.97 Å². The molecule has 2 rings (SSSR count). The third-order valence-electron chi connectivity index (χ3n) is 2.94. The quantitative estimate of drug-likeness (QED) is 0.754. The number of likely N-dealkylation sites (tertiary alicyclic amines) is 1. The SMILES string of the molecule is COC(=O)C1CCCCN1Cc1cscn1. The van der Waals surface area contributed by atoms with Crippen LogP contribution in [0.25, 0.3) is 0 Å². The standard InChI is InChI=1S/C11H16N2O2S/c1-15-11(14)10-4-2-3-5-13(10)6-9-7-16-8-12-9/h7-8,10H,2-6H2,1H3. The number of carbonyl (C=O) groups is 1. The molecule has 0 bridgehead atoms. The van der Waals surface area contributed by atoms with Crippen molar-refractivity contribution in [2.75, 3.05) is 13.7 Å². The van der Waals surface area contributed by atoms with Gasteiger partial charge in [-0.3, -0.25) is 9.69 Å². The molecule has 2 heterocycles. The molecular weight excluding hydrogens is 224 g/mol. The first kappa shape index (κ1) is 11.5. The van der Waals surface area contributed by atoms with Crippen molar-refractivity contribution < 1.29 is 9.53 Å². The summed E-state index contributed by atoms with van der Waals surface area (Å²) in [6.45, 7) is 1.71. The van der Waals surface area contributed by atoms with Gasteiger partial charge in [-0.2, -0.15) is 0 Å². The van der Waals surface area contributed by atoms with Crippen LogP contribution in [0.3, 0.4) is 0 Å². The molecule has 0 saturated carbocycles. The summed E-state index contributed by atoms with van der Waals surface area (Å²) >= 11 is 1.59. The Morgan fingerprint density at radius 1 is 1.69 bits per heavy atom. The van der Waals surface area contributed by atoms with Crippen molar-refractivity contribution in [2.24, 2.45) is 0 Å². The molecule has 1 aromatic heterocycles. The minimum absolute atomic E-state index is 0.0829. The van der Waals surface area contributed by atoms with Gasteiger partial charge in [0, 0.05) is 11.9 Å². The molecule has 16 heavy (non-hydrogen) atoms. The van der Waals surface area contributed by atoms with Crippen LogP contribution >= 0.6 is 11.3 Å². The van der Waals surface area contributed by atoms with Gasteiger partial charge in [0.1, 0.15) is 6.04 Å². The van der Waals surface area contributed by atoms with Crippen molar-refractivity contribution in [3.8, 4) is 0 Å². The lowest BCUT2D eigenvalue weighted by molar-refractivity contribution is -0.148. The number of carbonyl (C=O) groups excluding carboxylic acids is 1. The van der Waals surface area contributed by atoms with E-state index in [1.54, 1.807) is 11.3 Å². The number of esters is 1. The molecule has 4 nitrogen and oxygen atoms in total. The van der Waals surface area contributed by atoms with Crippen molar-refractivity contribution in [3.05, 3.63) is 16.6 Å². The second-order valence-electron chi connectivity index (χ2n) is 3.98. The first-order chi connectivity index (χ1) is 7.81. The fraction of sp³-hybridized carbons (Fsp3) is 0.636. The number of ether oxygens (including phenoxy) is 1. The highest BCUT2D eigenvalue weighted by Crippen LogP contribution is 2.20. The Bertz CT molecular complexity index is 340.